The molecular formula is C29H27N5O4S. The molecule has 0 aliphatic carbocycles. The number of para-hydroxylation sites is 1. The Morgan fingerprint density at radius 3 is 2.72 bits per heavy atom. The minimum atomic E-state index is -0.435. The number of rotatable bonds is 9. The number of pyridine rings is 1. The summed E-state index contributed by atoms with van der Waals surface area (Å²) in [7, 11) is 0. The van der Waals surface area contributed by atoms with Crippen molar-refractivity contribution in [3.8, 4) is 11.3 Å². The first-order chi connectivity index (χ1) is 18.9. The van der Waals surface area contributed by atoms with E-state index in [-0.39, 0.29) is 30.1 Å². The molecule has 2 aromatic carbocycles. The summed E-state index contributed by atoms with van der Waals surface area (Å²) >= 11 is 5.70. The van der Waals surface area contributed by atoms with Crippen molar-refractivity contribution in [2.45, 2.75) is 31.8 Å². The molecule has 39 heavy (non-hydrogen) atoms. The highest BCUT2D eigenvalue weighted by Gasteiger charge is 2.41. The lowest BCUT2D eigenvalue weighted by molar-refractivity contribution is -0.384. The van der Waals surface area contributed by atoms with Gasteiger partial charge in [0, 0.05) is 42.5 Å². The number of nitro benzene ring substituents is 1. The van der Waals surface area contributed by atoms with Gasteiger partial charge in [0.05, 0.1) is 16.7 Å². The maximum Gasteiger partial charge on any atom is 0.270 e. The molecule has 0 saturated carbocycles. The number of nitrogens with one attached hydrogen (secondary N) is 2. The van der Waals surface area contributed by atoms with E-state index in [1.807, 2.05) is 60.4 Å². The molecule has 2 aromatic heterocycles. The lowest BCUT2D eigenvalue weighted by atomic mass is 10.0. The fourth-order valence-electron chi connectivity index (χ4n) is 4.78. The zero-order valence-electron chi connectivity index (χ0n) is 21.2. The van der Waals surface area contributed by atoms with Crippen LogP contribution < -0.4 is 10.6 Å². The summed E-state index contributed by atoms with van der Waals surface area (Å²) < 4.78 is 6.26. The van der Waals surface area contributed by atoms with E-state index in [4.69, 9.17) is 16.6 Å². The largest absolute Gasteiger partial charge is 0.459 e. The molecule has 9 nitrogen and oxygen atoms in total. The highest BCUT2D eigenvalue weighted by atomic mass is 32.1. The van der Waals surface area contributed by atoms with Crippen LogP contribution in [0.5, 0.6) is 0 Å². The second-order valence-corrected chi connectivity index (χ2v) is 9.53. The number of carbonyl (C=O) groups excluding carboxylic acids is 1. The Labute approximate surface area is 231 Å². The third-order valence-corrected chi connectivity index (χ3v) is 7.06. The van der Waals surface area contributed by atoms with Crippen LogP contribution in [0.25, 0.3) is 11.3 Å². The van der Waals surface area contributed by atoms with Crippen LogP contribution in [0.1, 0.15) is 42.4 Å². The van der Waals surface area contributed by atoms with Crippen molar-refractivity contribution in [1.82, 2.24) is 15.2 Å². The van der Waals surface area contributed by atoms with Gasteiger partial charge in [-0.25, -0.2) is 0 Å². The van der Waals surface area contributed by atoms with Crippen molar-refractivity contribution in [1.29, 1.82) is 0 Å². The molecule has 1 fully saturated rings. The SMILES string of the molecule is CCc1ccccc1NC(=O)CCN1C(=S)N[C@@H](c2ccccn2)[C@@H]1c1ccc(-c2cccc([N+](=O)[O-])c2)o1. The van der Waals surface area contributed by atoms with Crippen LogP contribution in [0.3, 0.4) is 0 Å². The van der Waals surface area contributed by atoms with Gasteiger partial charge in [0.2, 0.25) is 5.91 Å². The third-order valence-electron chi connectivity index (χ3n) is 6.71. The van der Waals surface area contributed by atoms with Crippen molar-refractivity contribution in [3.63, 3.8) is 0 Å². The average Bonchev–Trinajstić information content (AvgIpc) is 3.57. The molecule has 1 aliphatic heterocycles. The van der Waals surface area contributed by atoms with E-state index in [1.165, 1.54) is 12.1 Å². The number of thiocarbonyl (C=S) groups is 1. The Hall–Kier alpha value is -4.57. The van der Waals surface area contributed by atoms with Crippen molar-refractivity contribution in [2.75, 3.05) is 11.9 Å². The van der Waals surface area contributed by atoms with E-state index in [2.05, 4.69) is 15.6 Å². The quantitative estimate of drug-likeness (QED) is 0.155. The Morgan fingerprint density at radius 1 is 1.13 bits per heavy atom. The number of amides is 1. The van der Waals surface area contributed by atoms with E-state index in [0.29, 0.717) is 28.7 Å². The Morgan fingerprint density at radius 2 is 1.95 bits per heavy atom. The first-order valence-electron chi connectivity index (χ1n) is 12.6. The highest BCUT2D eigenvalue weighted by molar-refractivity contribution is 7.80. The van der Waals surface area contributed by atoms with Crippen LogP contribution >= 0.6 is 12.2 Å². The third kappa shape index (κ3) is 5.65. The van der Waals surface area contributed by atoms with Crippen molar-refractivity contribution < 1.29 is 14.1 Å². The monoisotopic (exact) mass is 541 g/mol. The molecular weight excluding hydrogens is 514 g/mol. The number of nitrogens with zero attached hydrogens (tertiary/aromatic N) is 3. The topological polar surface area (TPSA) is 114 Å². The van der Waals surface area contributed by atoms with E-state index in [0.717, 1.165) is 23.4 Å². The summed E-state index contributed by atoms with van der Waals surface area (Å²) in [5.74, 6) is 0.992. The summed E-state index contributed by atoms with van der Waals surface area (Å²) in [5, 5.41) is 18.1. The molecule has 5 rings (SSSR count). The van der Waals surface area contributed by atoms with E-state index in [9.17, 15) is 14.9 Å². The van der Waals surface area contributed by atoms with Gasteiger partial charge in [-0.1, -0.05) is 43.3 Å². The van der Waals surface area contributed by atoms with Gasteiger partial charge in [0.25, 0.3) is 5.69 Å². The maximum absolute atomic E-state index is 12.9. The van der Waals surface area contributed by atoms with Crippen LogP contribution in [0.4, 0.5) is 11.4 Å². The number of furan rings is 1. The molecule has 2 atom stereocenters. The Kier molecular flexibility index (Phi) is 7.64. The van der Waals surface area contributed by atoms with Crippen molar-refractivity contribution in [2.24, 2.45) is 0 Å². The molecule has 0 radical (unpaired) electrons. The zero-order valence-corrected chi connectivity index (χ0v) is 22.1. The molecule has 198 valence electrons. The van der Waals surface area contributed by atoms with E-state index >= 15 is 0 Å². The standard InChI is InChI=1S/C29H27N5O4S/c1-2-19-8-3-4-11-22(19)31-26(35)15-17-33-28(27(32-29(33)39)23-12-5-6-16-30-23)25-14-13-24(38-25)20-9-7-10-21(18-20)34(36)37/h3-14,16,18,27-28H,2,15,17H2,1H3,(H,31,35)(H,32,39)/t27-,28-/m0/s1. The number of nitro groups is 1. The van der Waals surface area contributed by atoms with Gasteiger partial charge in [-0.3, -0.25) is 19.9 Å². The fraction of sp³-hybridized carbons (Fsp3) is 0.207. The number of hydrogen-bond donors (Lipinski definition) is 2. The van der Waals surface area contributed by atoms with Gasteiger partial charge in [0.15, 0.2) is 5.11 Å². The van der Waals surface area contributed by atoms with Gasteiger partial charge in [-0.2, -0.15) is 0 Å². The van der Waals surface area contributed by atoms with Crippen molar-refractivity contribution in [3.05, 3.63) is 112 Å². The summed E-state index contributed by atoms with van der Waals surface area (Å²) in [6.45, 7) is 2.40. The molecule has 2 N–H and O–H groups in total. The van der Waals surface area contributed by atoms with Gasteiger partial charge >= 0.3 is 0 Å². The molecule has 0 bridgehead atoms. The minimum absolute atomic E-state index is 0.0159. The summed E-state index contributed by atoms with van der Waals surface area (Å²) in [6, 6.07) is 22.7. The number of hydrogen-bond acceptors (Lipinski definition) is 6. The summed E-state index contributed by atoms with van der Waals surface area (Å²) in [6.07, 6.45) is 2.74. The fourth-order valence-corrected chi connectivity index (χ4v) is 5.11. The number of benzene rings is 2. The van der Waals surface area contributed by atoms with Crippen LogP contribution in [0.15, 0.2) is 89.5 Å². The summed E-state index contributed by atoms with van der Waals surface area (Å²) in [5.41, 5.74) is 3.24. The van der Waals surface area contributed by atoms with E-state index in [1.54, 1.807) is 24.4 Å². The number of non-ortho nitro benzene ring substituents is 1. The van der Waals surface area contributed by atoms with Gasteiger partial charge in [-0.05, 0) is 54.5 Å². The highest BCUT2D eigenvalue weighted by Crippen LogP contribution is 2.40. The molecule has 10 heteroatoms. The van der Waals surface area contributed by atoms with Crippen molar-refractivity contribution >= 4 is 34.6 Å². The molecule has 4 aromatic rings. The Bertz CT molecular complexity index is 1510. The maximum atomic E-state index is 12.9. The number of carbonyl (C=O) groups is 1. The number of aromatic nitrogens is 1. The zero-order chi connectivity index (χ0) is 27.4. The van der Waals surface area contributed by atoms with Crippen LogP contribution in [0, 0.1) is 10.1 Å². The Balaban J connectivity index is 1.41. The first-order valence-corrected chi connectivity index (χ1v) is 13.1. The van der Waals surface area contributed by atoms with Gasteiger partial charge in [-0.15, -0.1) is 0 Å². The second kappa shape index (κ2) is 11.4. The first kappa shape index (κ1) is 26.1. The lowest BCUT2D eigenvalue weighted by Gasteiger charge is -2.26. The second-order valence-electron chi connectivity index (χ2n) is 9.14. The molecule has 3 heterocycles. The molecule has 1 saturated heterocycles. The predicted octanol–water partition coefficient (Wildman–Crippen LogP) is 5.81. The smallest absolute Gasteiger partial charge is 0.270 e. The van der Waals surface area contributed by atoms with Crippen LogP contribution in [-0.2, 0) is 11.2 Å². The normalized spacial score (nSPS) is 16.6. The number of aryl methyl sites for hydroxylation is 1. The number of anilines is 1. The molecule has 0 spiro atoms. The molecule has 1 amide bonds. The minimum Gasteiger partial charge on any atom is -0.459 e. The van der Waals surface area contributed by atoms with E-state index < -0.39 is 4.92 Å². The predicted molar refractivity (Wildman–Crippen MR) is 152 cm³/mol. The van der Waals surface area contributed by atoms with Crippen LogP contribution in [-0.4, -0.2) is 32.4 Å². The summed E-state index contributed by atoms with van der Waals surface area (Å²) in [4.78, 5) is 30.2. The molecule has 1 aliphatic rings. The van der Waals surface area contributed by atoms with Gasteiger partial charge in [0.1, 0.15) is 17.6 Å². The van der Waals surface area contributed by atoms with Gasteiger partial charge < -0.3 is 20.0 Å². The van der Waals surface area contributed by atoms with Crippen LogP contribution in [0.2, 0.25) is 0 Å². The lowest BCUT2D eigenvalue weighted by Crippen LogP contribution is -2.32. The molecule has 0 unspecified atom stereocenters. The average molecular weight is 542 g/mol.